The van der Waals surface area contributed by atoms with E-state index in [0.717, 1.165) is 24.7 Å². The molecule has 0 aromatic carbocycles. The Bertz CT molecular complexity index is 288. The summed E-state index contributed by atoms with van der Waals surface area (Å²) in [6, 6.07) is 0.967. The minimum atomic E-state index is -4.06. The van der Waals surface area contributed by atoms with Crippen LogP contribution in [-0.4, -0.2) is 42.8 Å². The quantitative estimate of drug-likeness (QED) is 0.857. The van der Waals surface area contributed by atoms with Gasteiger partial charge in [0.25, 0.3) is 0 Å². The monoisotopic (exact) mass is 292 g/mol. The van der Waals surface area contributed by atoms with Crippen LogP contribution in [0, 0.1) is 11.8 Å². The topological polar surface area (TPSA) is 15.3 Å². The summed E-state index contributed by atoms with van der Waals surface area (Å²) in [6.45, 7) is 4.98. The largest absolute Gasteiger partial charge is 0.401 e. The van der Waals surface area contributed by atoms with Crippen LogP contribution in [-0.2, 0) is 0 Å². The third kappa shape index (κ3) is 5.24. The van der Waals surface area contributed by atoms with E-state index in [1.54, 1.807) is 0 Å². The Morgan fingerprint density at radius 2 is 1.50 bits per heavy atom. The summed E-state index contributed by atoms with van der Waals surface area (Å²) in [6.07, 6.45) is 1.36. The normalized spacial score (nSPS) is 34.4. The molecule has 0 aromatic heterocycles. The lowest BCUT2D eigenvalue weighted by Crippen LogP contribution is -2.49. The molecule has 0 bridgehead atoms. The van der Waals surface area contributed by atoms with Crippen molar-refractivity contribution in [2.75, 3.05) is 19.6 Å². The van der Waals surface area contributed by atoms with Gasteiger partial charge in [-0.05, 0) is 57.0 Å². The lowest BCUT2D eigenvalue weighted by molar-refractivity contribution is -0.148. The highest BCUT2D eigenvalue weighted by Gasteiger charge is 2.33. The second-order valence-electron chi connectivity index (χ2n) is 6.95. The van der Waals surface area contributed by atoms with Gasteiger partial charge in [0, 0.05) is 12.1 Å². The average molecular weight is 292 g/mol. The van der Waals surface area contributed by atoms with Crippen molar-refractivity contribution < 1.29 is 13.2 Å². The van der Waals surface area contributed by atoms with Gasteiger partial charge in [-0.25, -0.2) is 0 Å². The van der Waals surface area contributed by atoms with E-state index < -0.39 is 12.7 Å². The second kappa shape index (κ2) is 6.65. The zero-order chi connectivity index (χ0) is 14.8. The summed E-state index contributed by atoms with van der Waals surface area (Å²) in [7, 11) is 0. The Kier molecular flexibility index (Phi) is 5.35. The SMILES string of the molecule is CC1CC(C)CC(NC2CCN(CC(F)(F)F)CC2)C1. The standard InChI is InChI=1S/C15H27F3N2/c1-11-7-12(2)9-14(8-11)19-13-3-5-20(6-4-13)10-15(16,17)18/h11-14,19H,3-10H2,1-2H3. The number of hydrogen-bond acceptors (Lipinski definition) is 2. The molecule has 0 amide bonds. The maximum absolute atomic E-state index is 12.3. The molecule has 1 aliphatic carbocycles. The van der Waals surface area contributed by atoms with Crippen LogP contribution in [0.1, 0.15) is 46.0 Å². The smallest absolute Gasteiger partial charge is 0.311 e. The number of nitrogens with zero attached hydrogens (tertiary/aromatic N) is 1. The van der Waals surface area contributed by atoms with Crippen molar-refractivity contribution >= 4 is 0 Å². The van der Waals surface area contributed by atoms with E-state index >= 15 is 0 Å². The van der Waals surface area contributed by atoms with E-state index in [1.165, 1.54) is 24.2 Å². The van der Waals surface area contributed by atoms with E-state index in [2.05, 4.69) is 19.2 Å². The second-order valence-corrected chi connectivity index (χ2v) is 6.95. The van der Waals surface area contributed by atoms with Crippen molar-refractivity contribution in [2.24, 2.45) is 11.8 Å². The van der Waals surface area contributed by atoms with E-state index in [1.807, 2.05) is 0 Å². The first-order valence-electron chi connectivity index (χ1n) is 7.87. The van der Waals surface area contributed by atoms with Gasteiger partial charge in [0.1, 0.15) is 0 Å². The number of nitrogens with one attached hydrogen (secondary N) is 1. The summed E-state index contributed by atoms with van der Waals surface area (Å²) < 4.78 is 37.0. The van der Waals surface area contributed by atoms with Crippen molar-refractivity contribution in [3.05, 3.63) is 0 Å². The Balaban J connectivity index is 1.71. The summed E-state index contributed by atoms with van der Waals surface area (Å²) in [5, 5.41) is 3.69. The van der Waals surface area contributed by atoms with E-state index in [9.17, 15) is 13.2 Å². The predicted molar refractivity (Wildman–Crippen MR) is 74.6 cm³/mol. The van der Waals surface area contributed by atoms with Gasteiger partial charge in [0.15, 0.2) is 0 Å². The van der Waals surface area contributed by atoms with Crippen molar-refractivity contribution in [1.82, 2.24) is 10.2 Å². The Morgan fingerprint density at radius 1 is 0.950 bits per heavy atom. The molecule has 20 heavy (non-hydrogen) atoms. The van der Waals surface area contributed by atoms with Crippen molar-refractivity contribution in [1.29, 1.82) is 0 Å². The molecule has 1 aliphatic heterocycles. The highest BCUT2D eigenvalue weighted by molar-refractivity contribution is 4.85. The third-order valence-corrected chi connectivity index (χ3v) is 4.64. The Hall–Kier alpha value is -0.290. The number of rotatable bonds is 3. The zero-order valence-corrected chi connectivity index (χ0v) is 12.5. The van der Waals surface area contributed by atoms with Gasteiger partial charge in [-0.3, -0.25) is 4.90 Å². The molecular weight excluding hydrogens is 265 g/mol. The lowest BCUT2D eigenvalue weighted by atomic mass is 9.80. The fourth-order valence-electron chi connectivity index (χ4n) is 3.93. The van der Waals surface area contributed by atoms with E-state index in [0.29, 0.717) is 25.2 Å². The van der Waals surface area contributed by atoms with Gasteiger partial charge in [-0.15, -0.1) is 0 Å². The molecule has 1 heterocycles. The van der Waals surface area contributed by atoms with Gasteiger partial charge in [-0.2, -0.15) is 13.2 Å². The Morgan fingerprint density at radius 3 is 2.00 bits per heavy atom. The van der Waals surface area contributed by atoms with Crippen molar-refractivity contribution in [3.8, 4) is 0 Å². The minimum Gasteiger partial charge on any atom is -0.311 e. The van der Waals surface area contributed by atoms with Crippen LogP contribution < -0.4 is 5.32 Å². The van der Waals surface area contributed by atoms with Gasteiger partial charge in [0.05, 0.1) is 6.54 Å². The first kappa shape index (κ1) is 16.1. The fourth-order valence-corrected chi connectivity index (χ4v) is 3.93. The first-order valence-corrected chi connectivity index (χ1v) is 7.87. The number of halogens is 3. The molecule has 118 valence electrons. The van der Waals surface area contributed by atoms with Crippen LogP contribution in [0.25, 0.3) is 0 Å². The Labute approximate surface area is 120 Å². The van der Waals surface area contributed by atoms with E-state index in [-0.39, 0.29) is 0 Å². The molecular formula is C15H27F3N2. The molecule has 1 saturated carbocycles. The van der Waals surface area contributed by atoms with Crippen molar-refractivity contribution in [3.63, 3.8) is 0 Å². The molecule has 5 heteroatoms. The number of piperidine rings is 1. The average Bonchev–Trinajstić information content (AvgIpc) is 2.28. The molecule has 0 aromatic rings. The highest BCUT2D eigenvalue weighted by atomic mass is 19.4. The summed E-state index contributed by atoms with van der Waals surface area (Å²) in [5.41, 5.74) is 0. The summed E-state index contributed by atoms with van der Waals surface area (Å²) >= 11 is 0. The van der Waals surface area contributed by atoms with Gasteiger partial charge in [-0.1, -0.05) is 13.8 Å². The maximum Gasteiger partial charge on any atom is 0.401 e. The van der Waals surface area contributed by atoms with Gasteiger partial charge in [0.2, 0.25) is 0 Å². The van der Waals surface area contributed by atoms with Crippen LogP contribution in [0.2, 0.25) is 0 Å². The van der Waals surface area contributed by atoms with Gasteiger partial charge >= 0.3 is 6.18 Å². The molecule has 2 atom stereocenters. The molecule has 0 radical (unpaired) electrons. The van der Waals surface area contributed by atoms with Crippen LogP contribution in [0.4, 0.5) is 13.2 Å². The van der Waals surface area contributed by atoms with Gasteiger partial charge < -0.3 is 5.32 Å². The molecule has 2 unspecified atom stereocenters. The van der Waals surface area contributed by atoms with Crippen molar-refractivity contribution in [2.45, 2.75) is 64.2 Å². The van der Waals surface area contributed by atoms with Crippen LogP contribution in [0.15, 0.2) is 0 Å². The van der Waals surface area contributed by atoms with Crippen LogP contribution >= 0.6 is 0 Å². The molecule has 2 rings (SSSR count). The molecule has 2 aliphatic rings. The predicted octanol–water partition coefficient (Wildman–Crippen LogP) is 3.43. The molecule has 1 saturated heterocycles. The first-order chi connectivity index (χ1) is 9.32. The summed E-state index contributed by atoms with van der Waals surface area (Å²) in [4.78, 5) is 1.53. The molecule has 2 fully saturated rings. The zero-order valence-electron chi connectivity index (χ0n) is 12.5. The fraction of sp³-hybridized carbons (Fsp3) is 1.00. The number of likely N-dealkylation sites (tertiary alicyclic amines) is 1. The number of hydrogen-bond donors (Lipinski definition) is 1. The minimum absolute atomic E-state index is 0.405. The lowest BCUT2D eigenvalue weighted by Gasteiger charge is -2.38. The third-order valence-electron chi connectivity index (χ3n) is 4.64. The molecule has 0 spiro atoms. The maximum atomic E-state index is 12.3. The van der Waals surface area contributed by atoms with E-state index in [4.69, 9.17) is 0 Å². The molecule has 1 N–H and O–H groups in total. The summed E-state index contributed by atoms with van der Waals surface area (Å²) in [5.74, 6) is 1.53. The van der Waals surface area contributed by atoms with Crippen LogP contribution in [0.3, 0.4) is 0 Å². The molecule has 2 nitrogen and oxygen atoms in total. The highest BCUT2D eigenvalue weighted by Crippen LogP contribution is 2.29. The van der Waals surface area contributed by atoms with Crippen LogP contribution in [0.5, 0.6) is 0 Å². The number of alkyl halides is 3.